The molecule has 1 saturated heterocycles. The zero-order valence-electron chi connectivity index (χ0n) is 24.7. The van der Waals surface area contributed by atoms with Gasteiger partial charge in [-0.15, -0.1) is 0 Å². The summed E-state index contributed by atoms with van der Waals surface area (Å²) in [6, 6.07) is 15.8. The highest BCUT2D eigenvalue weighted by atomic mass is 19.1. The molecule has 1 aliphatic rings. The van der Waals surface area contributed by atoms with Gasteiger partial charge in [-0.05, 0) is 43.2 Å². The normalized spacial score (nSPS) is 13.3. The second-order valence-corrected chi connectivity index (χ2v) is 10.4. The van der Waals surface area contributed by atoms with Crippen LogP contribution in [0.4, 0.5) is 14.9 Å². The van der Waals surface area contributed by atoms with Crippen LogP contribution in [0, 0.1) is 12.7 Å². The first-order valence-electron chi connectivity index (χ1n) is 14.4. The minimum atomic E-state index is -0.762. The van der Waals surface area contributed by atoms with Crippen LogP contribution in [-0.4, -0.2) is 68.4 Å². The molecule has 1 aliphatic heterocycles. The molecule has 0 saturated carbocycles. The molecule has 2 heterocycles. The van der Waals surface area contributed by atoms with E-state index >= 15 is 4.39 Å². The fraction of sp³-hybridized carbons (Fsp3) is 0.303. The maximum absolute atomic E-state index is 15.1. The van der Waals surface area contributed by atoms with Crippen LogP contribution in [-0.2, 0) is 16.0 Å². The highest BCUT2D eigenvalue weighted by Gasteiger charge is 2.16. The zero-order chi connectivity index (χ0) is 30.9. The van der Waals surface area contributed by atoms with Gasteiger partial charge in [0.15, 0.2) is 23.1 Å². The van der Waals surface area contributed by atoms with Crippen LogP contribution >= 0.6 is 0 Å². The van der Waals surface area contributed by atoms with Gasteiger partial charge in [-0.25, -0.2) is 9.18 Å². The van der Waals surface area contributed by atoms with Crippen LogP contribution in [0.2, 0.25) is 0 Å². The van der Waals surface area contributed by atoms with Crippen molar-refractivity contribution in [1.82, 2.24) is 15.2 Å². The van der Waals surface area contributed by atoms with Gasteiger partial charge in [-0.3, -0.25) is 20.0 Å². The maximum atomic E-state index is 15.1. The third-order valence-electron chi connectivity index (χ3n) is 7.11. The van der Waals surface area contributed by atoms with E-state index in [9.17, 15) is 9.59 Å². The number of rotatable bonds is 11. The Morgan fingerprint density at radius 2 is 1.77 bits per heavy atom. The Balaban J connectivity index is 1.20. The van der Waals surface area contributed by atoms with Crippen LogP contribution in [0.5, 0.6) is 23.0 Å². The molecule has 0 aliphatic carbocycles. The lowest BCUT2D eigenvalue weighted by molar-refractivity contribution is -0.119. The molecule has 0 radical (unpaired) electrons. The summed E-state index contributed by atoms with van der Waals surface area (Å²) in [6.45, 7) is 6.76. The van der Waals surface area contributed by atoms with Crippen molar-refractivity contribution >= 4 is 28.5 Å². The second-order valence-electron chi connectivity index (χ2n) is 10.4. The molecular formula is C33H35FN4O6. The number of methoxy groups -OCH3 is 1. The SMILES string of the molecule is COc1cc2c(Oc3ccc(NC(=O)NC(=O)Cc4ccc(C)cc4)cc3F)ccnc2cc1OCCCN1CCOCC1. The number of hydrogen-bond acceptors (Lipinski definition) is 8. The molecule has 0 unspecified atom stereocenters. The van der Waals surface area contributed by atoms with Crippen LogP contribution in [0.15, 0.2) is 66.9 Å². The van der Waals surface area contributed by atoms with Crippen molar-refractivity contribution in [2.24, 2.45) is 0 Å². The number of fused-ring (bicyclic) bond motifs is 1. The first-order valence-corrected chi connectivity index (χ1v) is 14.4. The summed E-state index contributed by atoms with van der Waals surface area (Å²) < 4.78 is 38.0. The van der Waals surface area contributed by atoms with E-state index < -0.39 is 17.8 Å². The Labute approximate surface area is 255 Å². The number of aryl methyl sites for hydroxylation is 1. The molecular weight excluding hydrogens is 567 g/mol. The largest absolute Gasteiger partial charge is 0.493 e. The number of aromatic nitrogens is 1. The summed E-state index contributed by atoms with van der Waals surface area (Å²) in [7, 11) is 1.55. The summed E-state index contributed by atoms with van der Waals surface area (Å²) in [5, 5.41) is 5.34. The average molecular weight is 603 g/mol. The fourth-order valence-corrected chi connectivity index (χ4v) is 4.79. The van der Waals surface area contributed by atoms with E-state index in [2.05, 4.69) is 20.5 Å². The molecule has 0 bridgehead atoms. The summed E-state index contributed by atoms with van der Waals surface area (Å²) in [6.07, 6.45) is 2.47. The predicted molar refractivity (Wildman–Crippen MR) is 164 cm³/mol. The van der Waals surface area contributed by atoms with E-state index in [4.69, 9.17) is 18.9 Å². The van der Waals surface area contributed by atoms with Gasteiger partial charge in [-0.2, -0.15) is 0 Å². The predicted octanol–water partition coefficient (Wildman–Crippen LogP) is 5.48. The van der Waals surface area contributed by atoms with Gasteiger partial charge in [0.2, 0.25) is 5.91 Å². The van der Waals surface area contributed by atoms with Gasteiger partial charge in [0.1, 0.15) is 5.75 Å². The second kappa shape index (κ2) is 14.6. The number of urea groups is 1. The quantitative estimate of drug-likeness (QED) is 0.217. The van der Waals surface area contributed by atoms with E-state index in [1.807, 2.05) is 31.2 Å². The topological polar surface area (TPSA) is 111 Å². The third kappa shape index (κ3) is 8.21. The van der Waals surface area contributed by atoms with Gasteiger partial charge in [0, 0.05) is 49.0 Å². The molecule has 1 fully saturated rings. The van der Waals surface area contributed by atoms with Crippen LogP contribution in [0.25, 0.3) is 10.9 Å². The lowest BCUT2D eigenvalue weighted by Crippen LogP contribution is -2.37. The number of carbonyl (C=O) groups is 2. The molecule has 0 atom stereocenters. The molecule has 3 amide bonds. The van der Waals surface area contributed by atoms with Crippen molar-refractivity contribution in [2.75, 3.05) is 51.9 Å². The number of morpholine rings is 1. The summed E-state index contributed by atoms with van der Waals surface area (Å²) >= 11 is 0. The lowest BCUT2D eigenvalue weighted by Gasteiger charge is -2.26. The van der Waals surface area contributed by atoms with E-state index in [1.54, 1.807) is 31.5 Å². The third-order valence-corrected chi connectivity index (χ3v) is 7.11. The van der Waals surface area contributed by atoms with Gasteiger partial charge >= 0.3 is 6.03 Å². The van der Waals surface area contributed by atoms with Gasteiger partial charge in [0.05, 0.1) is 38.9 Å². The smallest absolute Gasteiger partial charge is 0.325 e. The number of nitrogens with one attached hydrogen (secondary N) is 2. The molecule has 2 N–H and O–H groups in total. The lowest BCUT2D eigenvalue weighted by atomic mass is 10.1. The Bertz CT molecular complexity index is 1610. The standard InChI is InChI=1S/C33H35FN4O6/c1-22-4-6-23(7-5-22)18-32(39)37-33(40)36-24-8-9-29(26(34)19-24)44-28-10-11-35-27-21-31(30(41-2)20-25(27)28)43-15-3-12-38-13-16-42-17-14-38/h4-11,19-21H,3,12-18H2,1-2H3,(H2,36,37,39,40). The van der Waals surface area contributed by atoms with Gasteiger partial charge in [0.25, 0.3) is 0 Å². The number of ether oxygens (including phenoxy) is 4. The van der Waals surface area contributed by atoms with Gasteiger partial charge in [-0.1, -0.05) is 29.8 Å². The number of anilines is 1. The highest BCUT2D eigenvalue weighted by molar-refractivity contribution is 6.01. The highest BCUT2D eigenvalue weighted by Crippen LogP contribution is 2.38. The Morgan fingerprint density at radius 1 is 0.977 bits per heavy atom. The number of carbonyl (C=O) groups excluding carboxylic acids is 2. The van der Waals surface area contributed by atoms with E-state index in [0.717, 1.165) is 56.5 Å². The number of benzene rings is 3. The number of imide groups is 1. The van der Waals surface area contributed by atoms with Crippen LogP contribution in [0.3, 0.4) is 0 Å². The molecule has 11 heteroatoms. The molecule has 44 heavy (non-hydrogen) atoms. The maximum Gasteiger partial charge on any atom is 0.325 e. The fourth-order valence-electron chi connectivity index (χ4n) is 4.79. The number of amides is 3. The summed E-state index contributed by atoms with van der Waals surface area (Å²) in [5.74, 6) is 0.195. The van der Waals surface area contributed by atoms with Crippen molar-refractivity contribution < 1.29 is 32.9 Å². The molecule has 5 rings (SSSR count). The zero-order valence-corrected chi connectivity index (χ0v) is 24.7. The number of halogens is 1. The van der Waals surface area contributed by atoms with Crippen molar-refractivity contribution in [3.8, 4) is 23.0 Å². The number of pyridine rings is 1. The van der Waals surface area contributed by atoms with Crippen LogP contribution in [0.1, 0.15) is 17.5 Å². The summed E-state index contributed by atoms with van der Waals surface area (Å²) in [4.78, 5) is 31.3. The first kappa shape index (κ1) is 30.7. The molecule has 3 aromatic carbocycles. The molecule has 230 valence electrons. The van der Waals surface area contributed by atoms with Gasteiger partial charge < -0.3 is 24.3 Å². The molecule has 4 aromatic rings. The molecule has 0 spiro atoms. The van der Waals surface area contributed by atoms with Crippen molar-refractivity contribution in [2.45, 2.75) is 19.8 Å². The van der Waals surface area contributed by atoms with E-state index in [0.29, 0.717) is 34.8 Å². The van der Waals surface area contributed by atoms with Crippen molar-refractivity contribution in [1.29, 1.82) is 0 Å². The average Bonchev–Trinajstić information content (AvgIpc) is 3.02. The van der Waals surface area contributed by atoms with E-state index in [-0.39, 0.29) is 17.9 Å². The Morgan fingerprint density at radius 3 is 2.52 bits per heavy atom. The monoisotopic (exact) mass is 602 g/mol. The van der Waals surface area contributed by atoms with Crippen molar-refractivity contribution in [3.63, 3.8) is 0 Å². The Hall–Kier alpha value is -4.74. The van der Waals surface area contributed by atoms with Crippen LogP contribution < -0.4 is 24.8 Å². The number of nitrogens with zero attached hydrogens (tertiary/aromatic N) is 2. The molecule has 1 aromatic heterocycles. The first-order chi connectivity index (χ1) is 21.4. The van der Waals surface area contributed by atoms with E-state index in [1.165, 1.54) is 12.1 Å². The number of hydrogen-bond donors (Lipinski definition) is 2. The minimum absolute atomic E-state index is 0.0437. The minimum Gasteiger partial charge on any atom is -0.493 e. The molecule has 10 nitrogen and oxygen atoms in total. The Kier molecular flexibility index (Phi) is 10.2. The van der Waals surface area contributed by atoms with Crippen molar-refractivity contribution in [3.05, 3.63) is 83.8 Å². The summed E-state index contributed by atoms with van der Waals surface area (Å²) in [5.41, 5.74) is 2.60.